The van der Waals surface area contributed by atoms with Crippen molar-refractivity contribution in [3.63, 3.8) is 0 Å². The third kappa shape index (κ3) is 2.96. The second kappa shape index (κ2) is 6.01. The van der Waals surface area contributed by atoms with Gasteiger partial charge in [-0.05, 0) is 36.1 Å². The molecule has 0 unspecified atom stereocenters. The van der Waals surface area contributed by atoms with E-state index in [2.05, 4.69) is 18.8 Å². The van der Waals surface area contributed by atoms with Crippen molar-refractivity contribution in [2.75, 3.05) is 0 Å². The summed E-state index contributed by atoms with van der Waals surface area (Å²) in [5.74, 6) is 0.401. The molecule has 0 spiro atoms. The van der Waals surface area contributed by atoms with Crippen molar-refractivity contribution < 1.29 is 9.13 Å². The number of hydrogen-bond acceptors (Lipinski definition) is 3. The maximum absolute atomic E-state index is 14.1. The Balaban J connectivity index is 2.42. The SMILES string of the molecule is Cc1ccc(C(C)C)c(Oc2nccc(CN)c2F)c1. The van der Waals surface area contributed by atoms with Crippen molar-refractivity contribution in [3.8, 4) is 11.6 Å². The zero-order valence-electron chi connectivity index (χ0n) is 12.0. The zero-order chi connectivity index (χ0) is 14.7. The summed E-state index contributed by atoms with van der Waals surface area (Å²) in [6.07, 6.45) is 1.51. The van der Waals surface area contributed by atoms with Gasteiger partial charge in [-0.3, -0.25) is 0 Å². The van der Waals surface area contributed by atoms with Gasteiger partial charge in [-0.25, -0.2) is 9.37 Å². The van der Waals surface area contributed by atoms with Gasteiger partial charge in [0.05, 0.1) is 0 Å². The molecule has 0 saturated heterocycles. The molecular formula is C16H19FN2O. The Morgan fingerprint density at radius 2 is 2.05 bits per heavy atom. The van der Waals surface area contributed by atoms with Crippen LogP contribution in [0.25, 0.3) is 0 Å². The van der Waals surface area contributed by atoms with Crippen LogP contribution in [0.5, 0.6) is 11.6 Å². The highest BCUT2D eigenvalue weighted by atomic mass is 19.1. The van der Waals surface area contributed by atoms with Crippen LogP contribution < -0.4 is 10.5 Å². The zero-order valence-corrected chi connectivity index (χ0v) is 12.0. The summed E-state index contributed by atoms with van der Waals surface area (Å²) >= 11 is 0. The van der Waals surface area contributed by atoms with Gasteiger partial charge in [0.2, 0.25) is 0 Å². The third-order valence-corrected chi connectivity index (χ3v) is 3.15. The number of benzene rings is 1. The van der Waals surface area contributed by atoms with Crippen molar-refractivity contribution in [1.29, 1.82) is 0 Å². The molecule has 0 atom stereocenters. The summed E-state index contributed by atoms with van der Waals surface area (Å²) in [6, 6.07) is 7.47. The molecule has 20 heavy (non-hydrogen) atoms. The monoisotopic (exact) mass is 274 g/mol. The Morgan fingerprint density at radius 3 is 2.70 bits per heavy atom. The molecule has 0 amide bonds. The Morgan fingerprint density at radius 1 is 1.30 bits per heavy atom. The summed E-state index contributed by atoms with van der Waals surface area (Å²) in [6.45, 7) is 6.22. The molecule has 0 fully saturated rings. The maximum atomic E-state index is 14.1. The molecule has 106 valence electrons. The first kappa shape index (κ1) is 14.5. The van der Waals surface area contributed by atoms with E-state index >= 15 is 0 Å². The van der Waals surface area contributed by atoms with Gasteiger partial charge in [0.15, 0.2) is 5.82 Å². The van der Waals surface area contributed by atoms with Crippen LogP contribution in [0.2, 0.25) is 0 Å². The van der Waals surface area contributed by atoms with E-state index in [1.165, 1.54) is 6.20 Å². The highest BCUT2D eigenvalue weighted by molar-refractivity contribution is 5.41. The van der Waals surface area contributed by atoms with Gasteiger partial charge in [0.25, 0.3) is 5.88 Å². The third-order valence-electron chi connectivity index (χ3n) is 3.15. The lowest BCUT2D eigenvalue weighted by molar-refractivity contribution is 0.413. The highest BCUT2D eigenvalue weighted by Crippen LogP contribution is 2.32. The van der Waals surface area contributed by atoms with E-state index in [1.54, 1.807) is 6.07 Å². The lowest BCUT2D eigenvalue weighted by Gasteiger charge is -2.15. The van der Waals surface area contributed by atoms with Crippen molar-refractivity contribution in [2.45, 2.75) is 33.2 Å². The predicted molar refractivity (Wildman–Crippen MR) is 77.4 cm³/mol. The van der Waals surface area contributed by atoms with Crippen molar-refractivity contribution in [1.82, 2.24) is 4.98 Å². The van der Waals surface area contributed by atoms with E-state index in [1.807, 2.05) is 25.1 Å². The van der Waals surface area contributed by atoms with Gasteiger partial charge in [0.1, 0.15) is 5.75 Å². The van der Waals surface area contributed by atoms with E-state index < -0.39 is 5.82 Å². The Labute approximate surface area is 118 Å². The minimum Gasteiger partial charge on any atom is -0.436 e. The topological polar surface area (TPSA) is 48.1 Å². The molecule has 1 aromatic carbocycles. The van der Waals surface area contributed by atoms with Crippen LogP contribution in [0.1, 0.15) is 36.5 Å². The molecule has 1 heterocycles. The minimum absolute atomic E-state index is 0.0274. The van der Waals surface area contributed by atoms with E-state index in [0.29, 0.717) is 11.3 Å². The van der Waals surface area contributed by atoms with Crippen LogP contribution in [-0.4, -0.2) is 4.98 Å². The van der Waals surface area contributed by atoms with E-state index in [9.17, 15) is 4.39 Å². The number of pyridine rings is 1. The van der Waals surface area contributed by atoms with Gasteiger partial charge >= 0.3 is 0 Å². The molecule has 2 N–H and O–H groups in total. The number of aryl methyl sites for hydroxylation is 1. The number of nitrogens with zero attached hydrogens (tertiary/aromatic N) is 1. The minimum atomic E-state index is -0.494. The average molecular weight is 274 g/mol. The molecule has 1 aromatic heterocycles. The number of ether oxygens (including phenoxy) is 1. The quantitative estimate of drug-likeness (QED) is 0.919. The van der Waals surface area contributed by atoms with E-state index in [0.717, 1.165) is 11.1 Å². The van der Waals surface area contributed by atoms with Crippen LogP contribution in [0, 0.1) is 12.7 Å². The Hall–Kier alpha value is -1.94. The van der Waals surface area contributed by atoms with Crippen LogP contribution in [0.15, 0.2) is 30.5 Å². The molecule has 0 bridgehead atoms. The molecule has 4 heteroatoms. The van der Waals surface area contributed by atoms with Gasteiger partial charge in [0, 0.05) is 18.3 Å². The summed E-state index contributed by atoms with van der Waals surface area (Å²) in [4.78, 5) is 3.96. The standard InChI is InChI=1S/C16H19FN2O/c1-10(2)13-5-4-11(3)8-14(13)20-16-15(17)12(9-18)6-7-19-16/h4-8,10H,9,18H2,1-3H3. The lowest BCUT2D eigenvalue weighted by Crippen LogP contribution is -2.03. The van der Waals surface area contributed by atoms with Crippen molar-refractivity contribution in [2.24, 2.45) is 5.73 Å². The largest absolute Gasteiger partial charge is 0.436 e. The first-order valence-electron chi connectivity index (χ1n) is 6.64. The molecule has 0 aliphatic carbocycles. The molecule has 0 saturated carbocycles. The van der Waals surface area contributed by atoms with E-state index in [4.69, 9.17) is 10.5 Å². The molecular weight excluding hydrogens is 255 g/mol. The number of aromatic nitrogens is 1. The first-order valence-corrected chi connectivity index (χ1v) is 6.64. The summed E-state index contributed by atoms with van der Waals surface area (Å²) in [5, 5.41) is 0. The van der Waals surface area contributed by atoms with Crippen molar-refractivity contribution in [3.05, 3.63) is 53.0 Å². The number of halogens is 1. The predicted octanol–water partition coefficient (Wildman–Crippen LogP) is 3.90. The fourth-order valence-corrected chi connectivity index (χ4v) is 2.00. The molecule has 2 rings (SSSR count). The van der Waals surface area contributed by atoms with Crippen LogP contribution in [0.3, 0.4) is 0 Å². The second-order valence-corrected chi connectivity index (χ2v) is 5.09. The van der Waals surface area contributed by atoms with Crippen LogP contribution in [-0.2, 0) is 6.54 Å². The molecule has 0 aliphatic rings. The normalized spacial score (nSPS) is 10.9. The fraction of sp³-hybridized carbons (Fsp3) is 0.312. The molecule has 2 aromatic rings. The second-order valence-electron chi connectivity index (χ2n) is 5.09. The van der Waals surface area contributed by atoms with Crippen LogP contribution >= 0.6 is 0 Å². The fourth-order valence-electron chi connectivity index (χ4n) is 2.00. The lowest BCUT2D eigenvalue weighted by atomic mass is 10.0. The first-order chi connectivity index (χ1) is 9.52. The van der Waals surface area contributed by atoms with Crippen molar-refractivity contribution >= 4 is 0 Å². The van der Waals surface area contributed by atoms with Gasteiger partial charge < -0.3 is 10.5 Å². The van der Waals surface area contributed by atoms with E-state index in [-0.39, 0.29) is 18.3 Å². The van der Waals surface area contributed by atoms with Gasteiger partial charge in [-0.2, -0.15) is 0 Å². The van der Waals surface area contributed by atoms with Gasteiger partial charge in [-0.15, -0.1) is 0 Å². The number of nitrogens with two attached hydrogens (primary N) is 1. The maximum Gasteiger partial charge on any atom is 0.256 e. The Kier molecular flexibility index (Phi) is 4.35. The Bertz CT molecular complexity index is 611. The highest BCUT2D eigenvalue weighted by Gasteiger charge is 2.14. The summed E-state index contributed by atoms with van der Waals surface area (Å²) < 4.78 is 19.8. The summed E-state index contributed by atoms with van der Waals surface area (Å²) in [7, 11) is 0. The molecule has 3 nitrogen and oxygen atoms in total. The van der Waals surface area contributed by atoms with Gasteiger partial charge in [-0.1, -0.05) is 26.0 Å². The number of hydrogen-bond donors (Lipinski definition) is 1. The average Bonchev–Trinajstić information content (AvgIpc) is 2.41. The number of rotatable bonds is 4. The van der Waals surface area contributed by atoms with Crippen LogP contribution in [0.4, 0.5) is 4.39 Å². The molecule has 0 aliphatic heterocycles. The summed E-state index contributed by atoms with van der Waals surface area (Å²) in [5.41, 5.74) is 7.97. The smallest absolute Gasteiger partial charge is 0.256 e. The molecule has 0 radical (unpaired) electrons.